The van der Waals surface area contributed by atoms with Gasteiger partial charge in [-0.1, -0.05) is 6.92 Å². The first kappa shape index (κ1) is 14.0. The van der Waals surface area contributed by atoms with Crippen molar-refractivity contribution in [3.63, 3.8) is 0 Å². The van der Waals surface area contributed by atoms with Crippen molar-refractivity contribution < 1.29 is 4.74 Å². The molecule has 0 aromatic carbocycles. The van der Waals surface area contributed by atoms with Gasteiger partial charge in [-0.2, -0.15) is 0 Å². The van der Waals surface area contributed by atoms with Crippen LogP contribution in [-0.4, -0.2) is 38.3 Å². The zero-order valence-electron chi connectivity index (χ0n) is 10.0. The number of hydrogen-bond donors (Lipinski definition) is 2. The van der Waals surface area contributed by atoms with Gasteiger partial charge in [-0.15, -0.1) is 24.0 Å². The van der Waals surface area contributed by atoms with E-state index in [1.807, 2.05) is 7.05 Å². The molecule has 16 heavy (non-hydrogen) atoms. The number of guanidine groups is 1. The van der Waals surface area contributed by atoms with Crippen molar-refractivity contribution in [1.29, 1.82) is 0 Å². The topological polar surface area (TPSA) is 45.7 Å². The van der Waals surface area contributed by atoms with Crippen LogP contribution in [0.5, 0.6) is 0 Å². The molecule has 2 N–H and O–H groups in total. The SMILES string of the molecule is CN=C(NCC1CCCO1)NC1CC1C.I. The van der Waals surface area contributed by atoms with Crippen molar-refractivity contribution in [2.24, 2.45) is 10.9 Å². The molecule has 2 aliphatic rings. The van der Waals surface area contributed by atoms with Crippen LogP contribution in [0.4, 0.5) is 0 Å². The van der Waals surface area contributed by atoms with Crippen molar-refractivity contribution in [2.45, 2.75) is 38.3 Å². The molecule has 2 rings (SSSR count). The fraction of sp³-hybridized carbons (Fsp3) is 0.909. The van der Waals surface area contributed by atoms with Crippen molar-refractivity contribution in [2.75, 3.05) is 20.2 Å². The molecule has 1 aliphatic heterocycles. The number of aliphatic imine (C=N–C) groups is 1. The Balaban J connectivity index is 0.00000128. The smallest absolute Gasteiger partial charge is 0.191 e. The third-order valence-corrected chi connectivity index (χ3v) is 3.18. The van der Waals surface area contributed by atoms with E-state index >= 15 is 0 Å². The van der Waals surface area contributed by atoms with E-state index in [0.717, 1.165) is 25.0 Å². The number of nitrogens with one attached hydrogen (secondary N) is 2. The maximum atomic E-state index is 5.54. The summed E-state index contributed by atoms with van der Waals surface area (Å²) in [5.74, 6) is 1.71. The molecule has 1 heterocycles. The molecule has 4 nitrogen and oxygen atoms in total. The minimum absolute atomic E-state index is 0. The lowest BCUT2D eigenvalue weighted by atomic mass is 10.2. The molecule has 1 saturated carbocycles. The molecule has 0 radical (unpaired) electrons. The van der Waals surface area contributed by atoms with Gasteiger partial charge in [-0.3, -0.25) is 4.99 Å². The number of ether oxygens (including phenoxy) is 1. The summed E-state index contributed by atoms with van der Waals surface area (Å²) in [6, 6.07) is 0.626. The number of rotatable bonds is 3. The summed E-state index contributed by atoms with van der Waals surface area (Å²) in [4.78, 5) is 4.20. The van der Waals surface area contributed by atoms with Gasteiger partial charge in [-0.05, 0) is 25.2 Å². The standard InChI is InChI=1S/C11H21N3O.HI/c1-8-6-10(8)14-11(12-2)13-7-9-4-3-5-15-9;/h8-10H,3-7H2,1-2H3,(H2,12,13,14);1H. The first-order chi connectivity index (χ1) is 7.29. The highest BCUT2D eigenvalue weighted by atomic mass is 127. The highest BCUT2D eigenvalue weighted by Gasteiger charge is 2.33. The second-order valence-electron chi connectivity index (χ2n) is 4.55. The Morgan fingerprint density at radius 3 is 2.75 bits per heavy atom. The highest BCUT2D eigenvalue weighted by Crippen LogP contribution is 2.28. The van der Waals surface area contributed by atoms with Crippen LogP contribution in [0.1, 0.15) is 26.2 Å². The predicted octanol–water partition coefficient (Wildman–Crippen LogP) is 1.36. The Morgan fingerprint density at radius 2 is 2.25 bits per heavy atom. The molecule has 0 amide bonds. The molecule has 1 aliphatic carbocycles. The van der Waals surface area contributed by atoms with E-state index < -0.39 is 0 Å². The molecule has 3 unspecified atom stereocenters. The zero-order chi connectivity index (χ0) is 10.7. The molecule has 2 fully saturated rings. The molecule has 94 valence electrons. The molecule has 3 atom stereocenters. The van der Waals surface area contributed by atoms with Crippen LogP contribution in [0, 0.1) is 5.92 Å². The first-order valence-electron chi connectivity index (χ1n) is 5.88. The van der Waals surface area contributed by atoms with Gasteiger partial charge in [0.1, 0.15) is 0 Å². The highest BCUT2D eigenvalue weighted by molar-refractivity contribution is 14.0. The van der Waals surface area contributed by atoms with Crippen LogP contribution in [0.25, 0.3) is 0 Å². The monoisotopic (exact) mass is 339 g/mol. The van der Waals surface area contributed by atoms with Crippen LogP contribution in [-0.2, 0) is 4.74 Å². The second-order valence-corrected chi connectivity index (χ2v) is 4.55. The Hall–Kier alpha value is -0.0400. The van der Waals surface area contributed by atoms with Crippen molar-refractivity contribution in [1.82, 2.24) is 10.6 Å². The maximum Gasteiger partial charge on any atom is 0.191 e. The lowest BCUT2D eigenvalue weighted by molar-refractivity contribution is 0.114. The van der Waals surface area contributed by atoms with E-state index in [1.165, 1.54) is 19.3 Å². The lowest BCUT2D eigenvalue weighted by Crippen LogP contribution is -2.42. The summed E-state index contributed by atoms with van der Waals surface area (Å²) < 4.78 is 5.54. The Kier molecular flexibility index (Phi) is 5.82. The molecule has 0 spiro atoms. The van der Waals surface area contributed by atoms with Crippen molar-refractivity contribution >= 4 is 29.9 Å². The lowest BCUT2D eigenvalue weighted by Gasteiger charge is -2.14. The van der Waals surface area contributed by atoms with E-state index in [1.54, 1.807) is 0 Å². The molecule has 1 saturated heterocycles. The van der Waals surface area contributed by atoms with Gasteiger partial charge >= 0.3 is 0 Å². The summed E-state index contributed by atoms with van der Waals surface area (Å²) in [5.41, 5.74) is 0. The first-order valence-corrected chi connectivity index (χ1v) is 5.88. The van der Waals surface area contributed by atoms with E-state index in [-0.39, 0.29) is 24.0 Å². The number of nitrogens with zero attached hydrogens (tertiary/aromatic N) is 1. The summed E-state index contributed by atoms with van der Waals surface area (Å²) in [5, 5.41) is 6.71. The third kappa shape index (κ3) is 4.08. The van der Waals surface area contributed by atoms with Crippen molar-refractivity contribution in [3.05, 3.63) is 0 Å². The van der Waals surface area contributed by atoms with Gasteiger partial charge in [0.25, 0.3) is 0 Å². The van der Waals surface area contributed by atoms with Gasteiger partial charge in [0, 0.05) is 26.2 Å². The van der Waals surface area contributed by atoms with E-state index in [9.17, 15) is 0 Å². The molecular weight excluding hydrogens is 317 g/mol. The number of halogens is 1. The average molecular weight is 339 g/mol. The Labute approximate surface area is 115 Å². The summed E-state index contributed by atoms with van der Waals surface area (Å²) in [6.07, 6.45) is 4.00. The third-order valence-electron chi connectivity index (χ3n) is 3.18. The predicted molar refractivity (Wildman–Crippen MR) is 76.5 cm³/mol. The van der Waals surface area contributed by atoms with Crippen molar-refractivity contribution in [3.8, 4) is 0 Å². The summed E-state index contributed by atoms with van der Waals surface area (Å²) in [7, 11) is 1.82. The number of hydrogen-bond acceptors (Lipinski definition) is 2. The Bertz CT molecular complexity index is 241. The van der Waals surface area contributed by atoms with E-state index in [4.69, 9.17) is 4.74 Å². The van der Waals surface area contributed by atoms with Crippen LogP contribution in [0.15, 0.2) is 4.99 Å². The van der Waals surface area contributed by atoms with Gasteiger partial charge in [0.05, 0.1) is 6.10 Å². The average Bonchev–Trinajstić information content (AvgIpc) is 2.74. The van der Waals surface area contributed by atoms with Gasteiger partial charge < -0.3 is 15.4 Å². The minimum atomic E-state index is 0. The van der Waals surface area contributed by atoms with Crippen LogP contribution in [0.2, 0.25) is 0 Å². The fourth-order valence-electron chi connectivity index (χ4n) is 1.91. The maximum absolute atomic E-state index is 5.54. The minimum Gasteiger partial charge on any atom is -0.376 e. The van der Waals surface area contributed by atoms with Crippen LogP contribution < -0.4 is 10.6 Å². The Morgan fingerprint density at radius 1 is 1.50 bits per heavy atom. The second kappa shape index (κ2) is 6.64. The van der Waals surface area contributed by atoms with E-state index in [0.29, 0.717) is 12.1 Å². The fourth-order valence-corrected chi connectivity index (χ4v) is 1.91. The molecule has 0 bridgehead atoms. The van der Waals surface area contributed by atoms with Crippen LogP contribution in [0.3, 0.4) is 0 Å². The molecule has 5 heteroatoms. The van der Waals surface area contributed by atoms with Gasteiger partial charge in [0.2, 0.25) is 0 Å². The van der Waals surface area contributed by atoms with Gasteiger partial charge in [-0.25, -0.2) is 0 Å². The van der Waals surface area contributed by atoms with Crippen LogP contribution >= 0.6 is 24.0 Å². The molecule has 0 aromatic heterocycles. The quantitative estimate of drug-likeness (QED) is 0.464. The largest absolute Gasteiger partial charge is 0.376 e. The molecular formula is C11H22IN3O. The summed E-state index contributed by atoms with van der Waals surface area (Å²) >= 11 is 0. The van der Waals surface area contributed by atoms with Gasteiger partial charge in [0.15, 0.2) is 5.96 Å². The van der Waals surface area contributed by atoms with E-state index in [2.05, 4.69) is 22.5 Å². The summed E-state index contributed by atoms with van der Waals surface area (Å²) in [6.45, 7) is 4.05. The molecule has 0 aromatic rings. The normalized spacial score (nSPS) is 33.1. The zero-order valence-corrected chi connectivity index (χ0v) is 12.4.